The minimum Gasteiger partial charge on any atom is -0.453 e. The monoisotopic (exact) mass is 196 g/mol. The summed E-state index contributed by atoms with van der Waals surface area (Å²) in [7, 11) is 0. The fraction of sp³-hybridized carbons (Fsp3) is 0.636. The van der Waals surface area contributed by atoms with Gasteiger partial charge in [0.1, 0.15) is 5.92 Å². The molecular formula is C11H16O3. The van der Waals surface area contributed by atoms with E-state index in [4.69, 9.17) is 4.74 Å². The Balaban J connectivity index is 2.84. The number of esters is 1. The lowest BCUT2D eigenvalue weighted by molar-refractivity contribution is -0.148. The van der Waals surface area contributed by atoms with Gasteiger partial charge in [-0.25, -0.2) is 0 Å². The average Bonchev–Trinajstić information content (AvgIpc) is 2.31. The second-order valence-electron chi connectivity index (χ2n) is 4.66. The molecule has 0 aromatic heterocycles. The maximum absolute atomic E-state index is 11.8. The Morgan fingerprint density at radius 2 is 2.00 bits per heavy atom. The molecule has 0 amide bonds. The molecule has 1 aliphatic rings. The van der Waals surface area contributed by atoms with E-state index in [-0.39, 0.29) is 11.2 Å². The van der Waals surface area contributed by atoms with E-state index in [0.717, 1.165) is 0 Å². The first-order chi connectivity index (χ1) is 6.38. The quantitative estimate of drug-likeness (QED) is 0.383. The highest BCUT2D eigenvalue weighted by Gasteiger charge is 2.47. The van der Waals surface area contributed by atoms with Crippen LogP contribution in [0.1, 0.15) is 27.2 Å². The van der Waals surface area contributed by atoms with E-state index in [0.29, 0.717) is 6.42 Å². The maximum Gasteiger partial charge on any atom is 0.317 e. The van der Waals surface area contributed by atoms with Crippen molar-refractivity contribution < 1.29 is 14.3 Å². The minimum atomic E-state index is -0.628. The Bertz CT molecular complexity index is 273. The molecule has 2 atom stereocenters. The molecule has 1 rings (SSSR count). The van der Waals surface area contributed by atoms with Gasteiger partial charge in [-0.1, -0.05) is 26.8 Å². The van der Waals surface area contributed by atoms with E-state index in [1.54, 1.807) is 6.08 Å². The van der Waals surface area contributed by atoms with Gasteiger partial charge in [-0.3, -0.25) is 9.59 Å². The van der Waals surface area contributed by atoms with E-state index >= 15 is 0 Å². The molecule has 1 unspecified atom stereocenters. The third-order valence-corrected chi connectivity index (χ3v) is 2.31. The summed E-state index contributed by atoms with van der Waals surface area (Å²) in [6.45, 7) is 9.18. The molecule has 78 valence electrons. The average molecular weight is 196 g/mol. The van der Waals surface area contributed by atoms with Gasteiger partial charge in [-0.15, -0.1) is 6.58 Å². The molecule has 0 bridgehead atoms. The second-order valence-corrected chi connectivity index (χ2v) is 4.66. The predicted octanol–water partition coefficient (Wildman–Crippen LogP) is 1.72. The molecule has 1 saturated heterocycles. The fourth-order valence-electron chi connectivity index (χ4n) is 1.54. The van der Waals surface area contributed by atoms with Crippen LogP contribution in [-0.4, -0.2) is 17.9 Å². The van der Waals surface area contributed by atoms with E-state index in [1.165, 1.54) is 0 Å². The van der Waals surface area contributed by atoms with Crippen molar-refractivity contribution in [1.82, 2.24) is 0 Å². The van der Waals surface area contributed by atoms with Crippen molar-refractivity contribution in [3.63, 3.8) is 0 Å². The first-order valence-electron chi connectivity index (χ1n) is 4.73. The summed E-state index contributed by atoms with van der Waals surface area (Å²) < 4.78 is 5.07. The summed E-state index contributed by atoms with van der Waals surface area (Å²) in [6.07, 6.45) is 1.36. The number of carbonyl (C=O) groups excluding carboxylic acids is 2. The first kappa shape index (κ1) is 11.0. The van der Waals surface area contributed by atoms with Crippen LogP contribution in [0, 0.1) is 11.3 Å². The van der Waals surface area contributed by atoms with Crippen molar-refractivity contribution in [3.05, 3.63) is 12.7 Å². The lowest BCUT2D eigenvalue weighted by Gasteiger charge is -2.23. The van der Waals surface area contributed by atoms with Crippen LogP contribution in [-0.2, 0) is 14.3 Å². The highest BCUT2D eigenvalue weighted by Crippen LogP contribution is 2.32. The minimum absolute atomic E-state index is 0.109. The molecule has 0 saturated carbocycles. The SMILES string of the molecule is C=CCC1C(=O)O[C@H](C(C)(C)C)C1=O. The van der Waals surface area contributed by atoms with Gasteiger partial charge in [-0.2, -0.15) is 0 Å². The smallest absolute Gasteiger partial charge is 0.317 e. The maximum atomic E-state index is 11.8. The Morgan fingerprint density at radius 1 is 1.43 bits per heavy atom. The third-order valence-electron chi connectivity index (χ3n) is 2.31. The van der Waals surface area contributed by atoms with Crippen molar-refractivity contribution in [2.45, 2.75) is 33.3 Å². The second kappa shape index (κ2) is 3.56. The highest BCUT2D eigenvalue weighted by atomic mass is 16.6. The molecule has 14 heavy (non-hydrogen) atoms. The van der Waals surface area contributed by atoms with Crippen LogP contribution < -0.4 is 0 Å². The van der Waals surface area contributed by atoms with E-state index in [9.17, 15) is 9.59 Å². The predicted molar refractivity (Wildman–Crippen MR) is 52.6 cm³/mol. The van der Waals surface area contributed by atoms with Crippen LogP contribution in [0.25, 0.3) is 0 Å². The Hall–Kier alpha value is -1.12. The molecule has 3 nitrogen and oxygen atoms in total. The lowest BCUT2D eigenvalue weighted by atomic mass is 9.84. The van der Waals surface area contributed by atoms with Gasteiger partial charge in [0, 0.05) is 5.41 Å². The molecule has 1 heterocycles. The molecule has 0 aromatic carbocycles. The number of allylic oxidation sites excluding steroid dienone is 1. The molecular weight excluding hydrogens is 180 g/mol. The van der Waals surface area contributed by atoms with Gasteiger partial charge in [0.2, 0.25) is 0 Å². The van der Waals surface area contributed by atoms with Crippen molar-refractivity contribution >= 4 is 11.8 Å². The number of ether oxygens (including phenoxy) is 1. The largest absolute Gasteiger partial charge is 0.453 e. The number of Topliss-reactive ketones (excluding diaryl/α,β-unsaturated/α-hetero) is 1. The number of carbonyl (C=O) groups is 2. The first-order valence-corrected chi connectivity index (χ1v) is 4.73. The highest BCUT2D eigenvalue weighted by molar-refractivity contribution is 6.07. The molecule has 0 radical (unpaired) electrons. The zero-order chi connectivity index (χ0) is 10.9. The Morgan fingerprint density at radius 3 is 2.36 bits per heavy atom. The normalized spacial score (nSPS) is 27.6. The fourth-order valence-corrected chi connectivity index (χ4v) is 1.54. The molecule has 1 aliphatic heterocycles. The van der Waals surface area contributed by atoms with Crippen LogP contribution in [0.15, 0.2) is 12.7 Å². The van der Waals surface area contributed by atoms with Crippen LogP contribution in [0.2, 0.25) is 0 Å². The molecule has 0 N–H and O–H groups in total. The van der Waals surface area contributed by atoms with Crippen molar-refractivity contribution in [2.24, 2.45) is 11.3 Å². The van der Waals surface area contributed by atoms with Crippen LogP contribution in [0.4, 0.5) is 0 Å². The van der Waals surface area contributed by atoms with Gasteiger partial charge in [0.15, 0.2) is 11.9 Å². The van der Waals surface area contributed by atoms with Gasteiger partial charge in [0.05, 0.1) is 0 Å². The molecule has 3 heteroatoms. The van der Waals surface area contributed by atoms with Crippen LogP contribution >= 0.6 is 0 Å². The standard InChI is InChI=1S/C11H16O3/c1-5-6-7-8(12)9(11(2,3)4)14-10(7)13/h5,7,9H,1,6H2,2-4H3/t7?,9-/m0/s1. The van der Waals surface area contributed by atoms with Gasteiger partial charge >= 0.3 is 5.97 Å². The number of ketones is 1. The molecule has 0 spiro atoms. The van der Waals surface area contributed by atoms with E-state index in [2.05, 4.69) is 6.58 Å². The summed E-state index contributed by atoms with van der Waals surface area (Å²) in [4.78, 5) is 23.1. The molecule has 1 fully saturated rings. The van der Waals surface area contributed by atoms with Crippen LogP contribution in [0.3, 0.4) is 0 Å². The summed E-state index contributed by atoms with van der Waals surface area (Å²) >= 11 is 0. The Labute approximate surface area is 84.1 Å². The Kier molecular flexibility index (Phi) is 2.79. The molecule has 0 aromatic rings. The van der Waals surface area contributed by atoms with Crippen LogP contribution in [0.5, 0.6) is 0 Å². The van der Waals surface area contributed by atoms with Crippen molar-refractivity contribution in [1.29, 1.82) is 0 Å². The van der Waals surface area contributed by atoms with Gasteiger partial charge < -0.3 is 4.74 Å². The summed E-state index contributed by atoms with van der Waals surface area (Å²) in [5.41, 5.74) is -0.317. The number of rotatable bonds is 2. The number of hydrogen-bond donors (Lipinski definition) is 0. The topological polar surface area (TPSA) is 43.4 Å². The summed E-state index contributed by atoms with van der Waals surface area (Å²) in [5.74, 6) is -1.14. The summed E-state index contributed by atoms with van der Waals surface area (Å²) in [5, 5.41) is 0. The lowest BCUT2D eigenvalue weighted by Crippen LogP contribution is -2.33. The van der Waals surface area contributed by atoms with Crippen molar-refractivity contribution in [3.8, 4) is 0 Å². The van der Waals surface area contributed by atoms with Gasteiger partial charge in [-0.05, 0) is 6.42 Å². The summed E-state index contributed by atoms with van der Waals surface area (Å²) in [6, 6.07) is 0. The zero-order valence-electron chi connectivity index (χ0n) is 8.87. The molecule has 0 aliphatic carbocycles. The van der Waals surface area contributed by atoms with Gasteiger partial charge in [0.25, 0.3) is 0 Å². The number of cyclic esters (lactones) is 1. The van der Waals surface area contributed by atoms with E-state index in [1.807, 2.05) is 20.8 Å². The third kappa shape index (κ3) is 1.86. The van der Waals surface area contributed by atoms with E-state index < -0.39 is 18.0 Å². The number of hydrogen-bond acceptors (Lipinski definition) is 3. The van der Waals surface area contributed by atoms with Crippen molar-refractivity contribution in [2.75, 3.05) is 0 Å². The zero-order valence-corrected chi connectivity index (χ0v) is 8.87.